The van der Waals surface area contributed by atoms with Crippen molar-refractivity contribution in [3.8, 4) is 0 Å². The van der Waals surface area contributed by atoms with Gasteiger partial charge in [-0.05, 0) is 63.6 Å². The summed E-state index contributed by atoms with van der Waals surface area (Å²) >= 11 is 1.48. The van der Waals surface area contributed by atoms with E-state index in [1.165, 1.54) is 17.8 Å². The fraction of sp³-hybridized carbons (Fsp3) is 0.579. The molecule has 0 aromatic heterocycles. The van der Waals surface area contributed by atoms with E-state index < -0.39 is 17.2 Å². The van der Waals surface area contributed by atoms with Gasteiger partial charge < -0.3 is 10.5 Å². The molecule has 1 fully saturated rings. The lowest BCUT2D eigenvalue weighted by atomic mass is 9.81. The quantitative estimate of drug-likeness (QED) is 0.714. The van der Waals surface area contributed by atoms with Crippen LogP contribution in [-0.2, 0) is 10.3 Å². The van der Waals surface area contributed by atoms with Gasteiger partial charge in [-0.3, -0.25) is 10.3 Å². The number of hydrogen-bond acceptors (Lipinski definition) is 5. The minimum Gasteiger partial charge on any atom is -0.444 e. The van der Waals surface area contributed by atoms with E-state index >= 15 is 0 Å². The van der Waals surface area contributed by atoms with E-state index in [4.69, 9.17) is 15.5 Å². The van der Waals surface area contributed by atoms with Gasteiger partial charge in [-0.15, -0.1) is 0 Å². The van der Waals surface area contributed by atoms with Gasteiger partial charge in [0.2, 0.25) is 0 Å². The highest BCUT2D eigenvalue weighted by Crippen LogP contribution is 2.53. The predicted molar refractivity (Wildman–Crippen MR) is 104 cm³/mol. The molecule has 7 heteroatoms. The smallest absolute Gasteiger partial charge is 0.413 e. The zero-order chi connectivity index (χ0) is 19.1. The van der Waals surface area contributed by atoms with Gasteiger partial charge in [0.05, 0.1) is 5.54 Å². The molecular weight excluding hydrogens is 353 g/mol. The number of nitrogens with zero attached hydrogens (tertiary/aromatic N) is 1. The van der Waals surface area contributed by atoms with Crippen LogP contribution in [0, 0.1) is 17.7 Å². The number of rotatable bonds is 1. The topological polar surface area (TPSA) is 76.7 Å². The lowest BCUT2D eigenvalue weighted by molar-refractivity contribution is 0.0564. The van der Waals surface area contributed by atoms with Crippen LogP contribution in [0.4, 0.5) is 14.9 Å². The number of amidine groups is 1. The molecule has 0 spiro atoms. The van der Waals surface area contributed by atoms with Crippen LogP contribution in [0.2, 0.25) is 0 Å². The summed E-state index contributed by atoms with van der Waals surface area (Å²) in [6, 6.07) is 4.65. The van der Waals surface area contributed by atoms with Crippen LogP contribution < -0.4 is 11.1 Å². The van der Waals surface area contributed by atoms with Crippen molar-refractivity contribution in [2.75, 3.05) is 11.5 Å². The van der Waals surface area contributed by atoms with Crippen molar-refractivity contribution in [2.45, 2.75) is 51.7 Å². The number of carbonyl (C=O) groups is 1. The van der Waals surface area contributed by atoms with E-state index in [9.17, 15) is 9.18 Å². The zero-order valence-corrected chi connectivity index (χ0v) is 16.5. The van der Waals surface area contributed by atoms with E-state index in [1.54, 1.807) is 32.9 Å². The largest absolute Gasteiger partial charge is 0.444 e. The van der Waals surface area contributed by atoms with E-state index in [-0.39, 0.29) is 11.7 Å². The van der Waals surface area contributed by atoms with Crippen LogP contribution in [-0.4, -0.2) is 22.6 Å². The Kier molecular flexibility index (Phi) is 4.94. The zero-order valence-electron chi connectivity index (χ0n) is 15.6. The monoisotopic (exact) mass is 379 g/mol. The summed E-state index contributed by atoms with van der Waals surface area (Å²) in [5.41, 5.74) is 5.69. The standard InChI is InChI=1S/C19H26FN3O2S/c1-11-7-12-10-26-16(22-17(24)25-18(2,3)4)23-19(12,9-11)14-8-13(21)5-6-15(14)20/h5-6,8,11-12H,7,9-10,21H2,1-4H3,(H,22,23,24)/t11-,12-,19-/m1/s1. The molecule has 0 saturated heterocycles. The van der Waals surface area contributed by atoms with Crippen molar-refractivity contribution in [3.05, 3.63) is 29.6 Å². The van der Waals surface area contributed by atoms with Crippen LogP contribution >= 0.6 is 11.8 Å². The predicted octanol–water partition coefficient (Wildman–Crippen LogP) is 4.28. The molecule has 3 atom stereocenters. The summed E-state index contributed by atoms with van der Waals surface area (Å²) < 4.78 is 20.0. The number of alkyl carbamates (subject to hydrolysis) is 1. The van der Waals surface area contributed by atoms with Crippen molar-refractivity contribution < 1.29 is 13.9 Å². The molecule has 3 N–H and O–H groups in total. The van der Waals surface area contributed by atoms with Crippen LogP contribution in [0.15, 0.2) is 23.2 Å². The summed E-state index contributed by atoms with van der Waals surface area (Å²) in [7, 11) is 0. The third-order valence-electron chi connectivity index (χ3n) is 4.81. The third kappa shape index (κ3) is 3.82. The summed E-state index contributed by atoms with van der Waals surface area (Å²) in [6.07, 6.45) is 1.17. The Morgan fingerprint density at radius 1 is 1.46 bits per heavy atom. The Bertz CT molecular complexity index is 747. The molecule has 0 unspecified atom stereocenters. The van der Waals surface area contributed by atoms with E-state index in [1.807, 2.05) is 0 Å². The van der Waals surface area contributed by atoms with Crippen molar-refractivity contribution in [2.24, 2.45) is 16.8 Å². The molecule has 1 aliphatic carbocycles. The van der Waals surface area contributed by atoms with E-state index in [2.05, 4.69) is 12.2 Å². The number of fused-ring (bicyclic) bond motifs is 1. The summed E-state index contributed by atoms with van der Waals surface area (Å²) in [5.74, 6) is 1.10. The first-order valence-corrected chi connectivity index (χ1v) is 9.86. The number of ether oxygens (including phenoxy) is 1. The molecule has 26 heavy (non-hydrogen) atoms. The second-order valence-electron chi connectivity index (χ2n) is 8.26. The Hall–Kier alpha value is -1.76. The third-order valence-corrected chi connectivity index (χ3v) is 5.84. The minimum atomic E-state index is -0.686. The van der Waals surface area contributed by atoms with E-state index in [0.717, 1.165) is 18.6 Å². The summed E-state index contributed by atoms with van der Waals surface area (Å²) in [4.78, 5) is 17.0. The molecule has 1 amide bonds. The molecule has 1 aromatic rings. The molecule has 3 rings (SSSR count). The Balaban J connectivity index is 1.96. The van der Waals surface area contributed by atoms with Crippen molar-refractivity contribution in [1.82, 2.24) is 5.32 Å². The molecule has 0 radical (unpaired) electrons. The number of nitrogens with one attached hydrogen (secondary N) is 1. The molecule has 1 aromatic carbocycles. The van der Waals surface area contributed by atoms with E-state index in [0.29, 0.717) is 22.3 Å². The SMILES string of the molecule is C[C@@H]1C[C@@H]2CSC(NC(=O)OC(C)(C)C)=N[C@]2(c2cc(N)ccc2F)C1. The second kappa shape index (κ2) is 6.76. The number of halogens is 1. The highest BCUT2D eigenvalue weighted by Gasteiger charge is 2.51. The van der Waals surface area contributed by atoms with Gasteiger partial charge in [-0.2, -0.15) is 0 Å². The molecule has 142 valence electrons. The molecule has 5 nitrogen and oxygen atoms in total. The number of nitrogen functional groups attached to an aromatic ring is 1. The Labute approximate surface area is 158 Å². The van der Waals surface area contributed by atoms with Crippen LogP contribution in [0.3, 0.4) is 0 Å². The number of amides is 1. The van der Waals surface area contributed by atoms with Gasteiger partial charge in [-0.1, -0.05) is 18.7 Å². The minimum absolute atomic E-state index is 0.211. The Morgan fingerprint density at radius 2 is 2.19 bits per heavy atom. The fourth-order valence-corrected chi connectivity index (χ4v) is 5.07. The maximum Gasteiger partial charge on any atom is 0.413 e. The second-order valence-corrected chi connectivity index (χ2v) is 9.27. The number of hydrogen-bond donors (Lipinski definition) is 2. The normalized spacial score (nSPS) is 28.3. The van der Waals surface area contributed by atoms with Gasteiger partial charge in [0.15, 0.2) is 5.17 Å². The number of aliphatic imine (C=N–C) groups is 1. The van der Waals surface area contributed by atoms with Crippen LogP contribution in [0.5, 0.6) is 0 Å². The van der Waals surface area contributed by atoms with Gasteiger partial charge >= 0.3 is 6.09 Å². The fourth-order valence-electron chi connectivity index (χ4n) is 3.92. The first-order chi connectivity index (χ1) is 12.1. The highest BCUT2D eigenvalue weighted by molar-refractivity contribution is 8.13. The van der Waals surface area contributed by atoms with Crippen LogP contribution in [0.25, 0.3) is 0 Å². The highest BCUT2D eigenvalue weighted by atomic mass is 32.2. The molecular formula is C19H26FN3O2S. The molecule has 1 aliphatic heterocycles. The van der Waals surface area contributed by atoms with Gasteiger partial charge in [0.1, 0.15) is 11.4 Å². The van der Waals surface area contributed by atoms with Gasteiger partial charge in [0.25, 0.3) is 0 Å². The first kappa shape index (κ1) is 19.0. The number of carbonyl (C=O) groups excluding carboxylic acids is 1. The lowest BCUT2D eigenvalue weighted by Gasteiger charge is -2.37. The molecule has 0 bridgehead atoms. The van der Waals surface area contributed by atoms with Crippen LogP contribution in [0.1, 0.15) is 46.1 Å². The van der Waals surface area contributed by atoms with Crippen molar-refractivity contribution >= 4 is 28.7 Å². The lowest BCUT2D eigenvalue weighted by Crippen LogP contribution is -2.42. The maximum absolute atomic E-state index is 14.7. The van der Waals surface area contributed by atoms with Gasteiger partial charge in [0, 0.05) is 17.0 Å². The number of anilines is 1. The first-order valence-electron chi connectivity index (χ1n) is 8.87. The van der Waals surface area contributed by atoms with Crippen molar-refractivity contribution in [1.29, 1.82) is 0 Å². The average Bonchev–Trinajstić information content (AvgIpc) is 2.83. The number of benzene rings is 1. The Morgan fingerprint density at radius 3 is 2.88 bits per heavy atom. The molecule has 1 heterocycles. The van der Waals surface area contributed by atoms with Crippen molar-refractivity contribution in [3.63, 3.8) is 0 Å². The molecule has 2 aliphatic rings. The van der Waals surface area contributed by atoms with Gasteiger partial charge in [-0.25, -0.2) is 9.18 Å². The molecule has 1 saturated carbocycles. The number of nitrogens with two attached hydrogens (primary N) is 1. The average molecular weight is 380 g/mol. The summed E-state index contributed by atoms with van der Waals surface area (Å²) in [5, 5.41) is 3.21. The maximum atomic E-state index is 14.7. The summed E-state index contributed by atoms with van der Waals surface area (Å²) in [6.45, 7) is 7.58. The number of thioether (sulfide) groups is 1.